The van der Waals surface area contributed by atoms with Crippen LogP contribution in [-0.4, -0.2) is 31.2 Å². The third-order valence-electron chi connectivity index (χ3n) is 2.04. The van der Waals surface area contributed by atoms with E-state index in [0.717, 1.165) is 0 Å². The normalized spacial score (nSPS) is 10.5. The monoisotopic (exact) mass is 236 g/mol. The Labute approximate surface area is 96.8 Å². The van der Waals surface area contributed by atoms with Crippen LogP contribution in [0.3, 0.4) is 0 Å². The summed E-state index contributed by atoms with van der Waals surface area (Å²) in [4.78, 5) is 19.6. The van der Waals surface area contributed by atoms with Gasteiger partial charge in [0, 0.05) is 6.42 Å². The largest absolute Gasteiger partial charge is 0.340 e. The van der Waals surface area contributed by atoms with Crippen LogP contribution in [0.2, 0.25) is 0 Å². The van der Waals surface area contributed by atoms with Crippen molar-refractivity contribution in [2.45, 2.75) is 26.8 Å². The van der Waals surface area contributed by atoms with Crippen molar-refractivity contribution in [2.75, 3.05) is 0 Å². The fourth-order valence-electron chi connectivity index (χ4n) is 1.20. The molecular weight excluding hydrogens is 224 g/mol. The van der Waals surface area contributed by atoms with Crippen LogP contribution in [0.25, 0.3) is 0 Å². The molecule has 0 bridgehead atoms. The average molecular weight is 236 g/mol. The molecule has 0 aliphatic heterocycles. The van der Waals surface area contributed by atoms with Crippen LogP contribution in [0.5, 0.6) is 0 Å². The number of aryl methyl sites for hydroxylation is 2. The van der Waals surface area contributed by atoms with E-state index in [1.54, 1.807) is 6.92 Å². The molecule has 1 amide bonds. The van der Waals surface area contributed by atoms with E-state index in [-0.39, 0.29) is 18.3 Å². The van der Waals surface area contributed by atoms with Gasteiger partial charge in [0.05, 0.1) is 6.54 Å². The van der Waals surface area contributed by atoms with Gasteiger partial charge in [-0.2, -0.15) is 4.98 Å². The summed E-state index contributed by atoms with van der Waals surface area (Å²) in [5, 5.41) is 12.7. The summed E-state index contributed by atoms with van der Waals surface area (Å²) in [6, 6.07) is 0. The first-order chi connectivity index (χ1) is 8.19. The average Bonchev–Trinajstić information content (AvgIpc) is 2.94. The predicted molar refractivity (Wildman–Crippen MR) is 56.0 cm³/mol. The van der Waals surface area contributed by atoms with Gasteiger partial charge in [-0.3, -0.25) is 9.89 Å². The van der Waals surface area contributed by atoms with Crippen molar-refractivity contribution in [3.63, 3.8) is 0 Å². The van der Waals surface area contributed by atoms with Gasteiger partial charge in [0.25, 0.3) is 5.91 Å². The summed E-state index contributed by atoms with van der Waals surface area (Å²) in [6.07, 6.45) is 0.698. The van der Waals surface area contributed by atoms with Crippen LogP contribution < -0.4 is 5.32 Å². The van der Waals surface area contributed by atoms with E-state index in [1.165, 1.54) is 0 Å². The first kappa shape index (κ1) is 11.2. The van der Waals surface area contributed by atoms with Crippen molar-refractivity contribution in [3.8, 4) is 0 Å². The summed E-state index contributed by atoms with van der Waals surface area (Å²) in [5.74, 6) is 1.28. The Balaban J connectivity index is 1.93. The van der Waals surface area contributed by atoms with Crippen molar-refractivity contribution in [2.24, 2.45) is 0 Å². The second kappa shape index (κ2) is 4.73. The molecule has 2 aromatic rings. The number of hydrogen-bond acceptors (Lipinski definition) is 6. The van der Waals surface area contributed by atoms with Crippen LogP contribution in [0.1, 0.15) is 35.1 Å². The zero-order valence-electron chi connectivity index (χ0n) is 9.52. The second-order valence-corrected chi connectivity index (χ2v) is 3.38. The fraction of sp³-hybridized carbons (Fsp3) is 0.444. The molecule has 0 aliphatic carbocycles. The lowest BCUT2D eigenvalue weighted by molar-refractivity contribution is 0.0936. The highest BCUT2D eigenvalue weighted by molar-refractivity contribution is 5.90. The smallest absolute Gasteiger partial charge is 0.291 e. The van der Waals surface area contributed by atoms with Crippen molar-refractivity contribution in [1.29, 1.82) is 0 Å². The molecule has 0 unspecified atom stereocenters. The van der Waals surface area contributed by atoms with Gasteiger partial charge < -0.3 is 9.84 Å². The van der Waals surface area contributed by atoms with Gasteiger partial charge in [0.15, 0.2) is 5.82 Å². The van der Waals surface area contributed by atoms with E-state index in [9.17, 15) is 4.79 Å². The standard InChI is InChI=1S/C9H12N6O2/c1-3-6-12-8(14-13-6)9(16)10-4-7-11-5(2)15-17-7/h3-4H2,1-2H3,(H,10,16)(H,12,13,14). The van der Waals surface area contributed by atoms with Crippen LogP contribution in [0.15, 0.2) is 4.52 Å². The van der Waals surface area contributed by atoms with Crippen molar-refractivity contribution in [1.82, 2.24) is 30.6 Å². The first-order valence-corrected chi connectivity index (χ1v) is 5.17. The summed E-state index contributed by atoms with van der Waals surface area (Å²) in [7, 11) is 0. The van der Waals surface area contributed by atoms with E-state index >= 15 is 0 Å². The maximum absolute atomic E-state index is 11.6. The highest BCUT2D eigenvalue weighted by Gasteiger charge is 2.12. The Morgan fingerprint density at radius 1 is 1.47 bits per heavy atom. The number of hydrogen-bond donors (Lipinski definition) is 2. The molecule has 8 heteroatoms. The molecule has 0 saturated heterocycles. The van der Waals surface area contributed by atoms with E-state index in [4.69, 9.17) is 4.52 Å². The summed E-state index contributed by atoms with van der Waals surface area (Å²) in [6.45, 7) is 3.79. The molecule has 0 aliphatic rings. The molecule has 2 heterocycles. The Hall–Kier alpha value is -2.25. The van der Waals surface area contributed by atoms with Gasteiger partial charge in [-0.25, -0.2) is 4.98 Å². The summed E-state index contributed by atoms with van der Waals surface area (Å²) < 4.78 is 4.85. The molecule has 2 rings (SSSR count). The van der Waals surface area contributed by atoms with E-state index in [2.05, 4.69) is 30.6 Å². The molecule has 17 heavy (non-hydrogen) atoms. The number of nitrogens with zero attached hydrogens (tertiary/aromatic N) is 4. The molecule has 2 aromatic heterocycles. The van der Waals surface area contributed by atoms with Gasteiger partial charge in [-0.05, 0) is 6.92 Å². The summed E-state index contributed by atoms with van der Waals surface area (Å²) in [5.41, 5.74) is 0. The highest BCUT2D eigenvalue weighted by atomic mass is 16.5. The third-order valence-corrected chi connectivity index (χ3v) is 2.04. The minimum atomic E-state index is -0.378. The molecule has 0 aromatic carbocycles. The molecular formula is C9H12N6O2. The van der Waals surface area contributed by atoms with Gasteiger partial charge >= 0.3 is 0 Å². The molecule has 8 nitrogen and oxygen atoms in total. The topological polar surface area (TPSA) is 110 Å². The number of rotatable bonds is 4. The number of carbonyl (C=O) groups is 1. The minimum Gasteiger partial charge on any atom is -0.340 e. The molecule has 0 atom stereocenters. The van der Waals surface area contributed by atoms with Gasteiger partial charge in [-0.15, -0.1) is 5.10 Å². The Morgan fingerprint density at radius 2 is 2.29 bits per heavy atom. The van der Waals surface area contributed by atoms with Crippen LogP contribution >= 0.6 is 0 Å². The zero-order chi connectivity index (χ0) is 12.3. The zero-order valence-corrected chi connectivity index (χ0v) is 9.52. The Bertz CT molecular complexity index is 517. The van der Waals surface area contributed by atoms with Crippen LogP contribution in [0, 0.1) is 6.92 Å². The van der Waals surface area contributed by atoms with Gasteiger partial charge in [0.2, 0.25) is 11.7 Å². The maximum atomic E-state index is 11.6. The number of carbonyl (C=O) groups excluding carboxylic acids is 1. The number of amides is 1. The first-order valence-electron chi connectivity index (χ1n) is 5.17. The second-order valence-electron chi connectivity index (χ2n) is 3.38. The molecule has 0 saturated carbocycles. The van der Waals surface area contributed by atoms with E-state index in [1.807, 2.05) is 6.92 Å². The molecule has 0 radical (unpaired) electrons. The predicted octanol–water partition coefficient (Wildman–Crippen LogP) is -0.0115. The Kier molecular flexibility index (Phi) is 3.12. The van der Waals surface area contributed by atoms with Crippen molar-refractivity contribution in [3.05, 3.63) is 23.4 Å². The number of H-pyrrole nitrogens is 1. The highest BCUT2D eigenvalue weighted by Crippen LogP contribution is 1.97. The third kappa shape index (κ3) is 2.65. The van der Waals surface area contributed by atoms with Gasteiger partial charge in [-0.1, -0.05) is 12.1 Å². The SMILES string of the molecule is CCc1nc(C(=O)NCc2nc(C)no2)n[nH]1. The van der Waals surface area contributed by atoms with Gasteiger partial charge in [0.1, 0.15) is 5.82 Å². The quantitative estimate of drug-likeness (QED) is 0.772. The van der Waals surface area contributed by atoms with Crippen molar-refractivity contribution < 1.29 is 9.32 Å². The molecule has 90 valence electrons. The minimum absolute atomic E-state index is 0.109. The number of aromatic amines is 1. The Morgan fingerprint density at radius 3 is 2.88 bits per heavy atom. The number of nitrogens with one attached hydrogen (secondary N) is 2. The molecule has 0 fully saturated rings. The molecule has 0 spiro atoms. The molecule has 2 N–H and O–H groups in total. The van der Waals surface area contributed by atoms with E-state index in [0.29, 0.717) is 24.0 Å². The number of aromatic nitrogens is 5. The lowest BCUT2D eigenvalue weighted by atomic mass is 10.4. The summed E-state index contributed by atoms with van der Waals surface area (Å²) >= 11 is 0. The fourth-order valence-corrected chi connectivity index (χ4v) is 1.20. The van der Waals surface area contributed by atoms with E-state index < -0.39 is 0 Å². The van der Waals surface area contributed by atoms with Crippen LogP contribution in [0.4, 0.5) is 0 Å². The maximum Gasteiger partial charge on any atom is 0.291 e. The lowest BCUT2D eigenvalue weighted by Gasteiger charge is -1.96. The lowest BCUT2D eigenvalue weighted by Crippen LogP contribution is -2.24. The van der Waals surface area contributed by atoms with Crippen LogP contribution in [-0.2, 0) is 13.0 Å². The van der Waals surface area contributed by atoms with Crippen molar-refractivity contribution >= 4 is 5.91 Å².